The van der Waals surface area contributed by atoms with Gasteiger partial charge in [-0.3, -0.25) is 14.2 Å². The Morgan fingerprint density at radius 2 is 1.87 bits per heavy atom. The fraction of sp³-hybridized carbons (Fsp3) is 0.333. The fourth-order valence-corrected chi connectivity index (χ4v) is 1.46. The zero-order valence-electron chi connectivity index (χ0n) is 8.68. The van der Waals surface area contributed by atoms with Crippen molar-refractivity contribution in [2.45, 2.75) is 6.92 Å². The van der Waals surface area contributed by atoms with Gasteiger partial charge < -0.3 is 4.57 Å². The number of nitrogens with zero attached hydrogens (tertiary/aromatic N) is 4. The molecule has 0 bridgehead atoms. The van der Waals surface area contributed by atoms with Crippen LogP contribution in [-0.2, 0) is 14.1 Å². The molecule has 6 heteroatoms. The largest absolute Gasteiger partial charge is 0.319 e. The molecular weight excluding hydrogens is 196 g/mol. The van der Waals surface area contributed by atoms with E-state index in [-0.39, 0.29) is 11.4 Å². The molecule has 0 radical (unpaired) electrons. The van der Waals surface area contributed by atoms with Gasteiger partial charge in [0, 0.05) is 14.1 Å². The van der Waals surface area contributed by atoms with Crippen molar-refractivity contribution < 1.29 is 4.79 Å². The smallest absolute Gasteiger partial charge is 0.279 e. The van der Waals surface area contributed by atoms with Crippen LogP contribution >= 0.6 is 0 Å². The molecule has 0 atom stereocenters. The van der Waals surface area contributed by atoms with Gasteiger partial charge >= 0.3 is 0 Å². The maximum Gasteiger partial charge on any atom is 0.279 e. The first-order valence-corrected chi connectivity index (χ1v) is 4.41. The predicted octanol–water partition coefficient (Wildman–Crippen LogP) is -0.212. The van der Waals surface area contributed by atoms with Crippen LogP contribution in [0.3, 0.4) is 0 Å². The van der Waals surface area contributed by atoms with Crippen LogP contribution in [0.5, 0.6) is 0 Å². The first-order chi connectivity index (χ1) is 7.06. The molecular formula is C9H10N4O2. The molecule has 0 aliphatic heterocycles. The zero-order chi connectivity index (χ0) is 11.2. The highest BCUT2D eigenvalue weighted by atomic mass is 16.1. The number of aromatic nitrogens is 4. The molecule has 0 N–H and O–H groups in total. The highest BCUT2D eigenvalue weighted by Crippen LogP contribution is 2.07. The van der Waals surface area contributed by atoms with Crippen LogP contribution in [0, 0.1) is 6.92 Å². The molecule has 2 heterocycles. The highest BCUT2D eigenvalue weighted by molar-refractivity contribution is 5.79. The van der Waals surface area contributed by atoms with Crippen LogP contribution < -0.4 is 5.56 Å². The maximum absolute atomic E-state index is 11.8. The molecule has 0 amide bonds. The van der Waals surface area contributed by atoms with Gasteiger partial charge in [0.2, 0.25) is 0 Å². The van der Waals surface area contributed by atoms with Crippen molar-refractivity contribution in [3.05, 3.63) is 22.0 Å². The quantitative estimate of drug-likeness (QED) is 0.605. The Bertz CT molecular complexity index is 609. The van der Waals surface area contributed by atoms with E-state index in [4.69, 9.17) is 0 Å². The van der Waals surface area contributed by atoms with Crippen molar-refractivity contribution >= 4 is 17.5 Å². The summed E-state index contributed by atoms with van der Waals surface area (Å²) >= 11 is 0. The Labute approximate surface area is 85.2 Å². The Kier molecular flexibility index (Phi) is 1.92. The number of aryl methyl sites for hydroxylation is 2. The Morgan fingerprint density at radius 1 is 1.20 bits per heavy atom. The van der Waals surface area contributed by atoms with Gasteiger partial charge in [0.25, 0.3) is 5.56 Å². The molecule has 0 aliphatic rings. The second-order valence-corrected chi connectivity index (χ2v) is 3.34. The summed E-state index contributed by atoms with van der Waals surface area (Å²) in [6, 6.07) is 0. The van der Waals surface area contributed by atoms with Gasteiger partial charge in [-0.15, -0.1) is 0 Å². The van der Waals surface area contributed by atoms with Crippen molar-refractivity contribution in [3.8, 4) is 0 Å². The molecule has 0 saturated carbocycles. The van der Waals surface area contributed by atoms with E-state index in [2.05, 4.69) is 9.97 Å². The number of carbonyl (C=O) groups excluding carboxylic acids is 1. The number of aldehydes is 1. The van der Waals surface area contributed by atoms with Crippen molar-refractivity contribution in [1.29, 1.82) is 0 Å². The third-order valence-corrected chi connectivity index (χ3v) is 2.48. The minimum absolute atomic E-state index is 0.194. The topological polar surface area (TPSA) is 69.8 Å². The first-order valence-electron chi connectivity index (χ1n) is 4.41. The summed E-state index contributed by atoms with van der Waals surface area (Å²) in [6.07, 6.45) is 0.608. The third kappa shape index (κ3) is 1.18. The summed E-state index contributed by atoms with van der Waals surface area (Å²) in [5.41, 5.74) is 0.478. The van der Waals surface area contributed by atoms with Gasteiger partial charge in [0.05, 0.1) is 0 Å². The van der Waals surface area contributed by atoms with Gasteiger partial charge in [-0.25, -0.2) is 9.97 Å². The molecule has 78 valence electrons. The molecule has 0 aromatic carbocycles. The molecule has 15 heavy (non-hydrogen) atoms. The second kappa shape index (κ2) is 3.01. The molecule has 0 fully saturated rings. The number of hydrogen-bond acceptors (Lipinski definition) is 4. The number of hydrogen-bond donors (Lipinski definition) is 0. The van der Waals surface area contributed by atoms with Crippen LogP contribution in [0.15, 0.2) is 4.79 Å². The maximum atomic E-state index is 11.8. The lowest BCUT2D eigenvalue weighted by molar-refractivity contribution is 0.111. The van der Waals surface area contributed by atoms with Gasteiger partial charge in [-0.05, 0) is 6.92 Å². The summed E-state index contributed by atoms with van der Waals surface area (Å²) in [4.78, 5) is 30.6. The minimum atomic E-state index is -0.194. The van der Waals surface area contributed by atoms with E-state index >= 15 is 0 Å². The number of fused-ring (bicyclic) bond motifs is 1. The summed E-state index contributed by atoms with van der Waals surface area (Å²) < 4.78 is 2.88. The van der Waals surface area contributed by atoms with Gasteiger partial charge in [-0.2, -0.15) is 0 Å². The Morgan fingerprint density at radius 3 is 2.47 bits per heavy atom. The van der Waals surface area contributed by atoms with E-state index < -0.39 is 0 Å². The van der Waals surface area contributed by atoms with Gasteiger partial charge in [-0.1, -0.05) is 0 Å². The zero-order valence-corrected chi connectivity index (χ0v) is 8.68. The van der Waals surface area contributed by atoms with Crippen molar-refractivity contribution in [2.75, 3.05) is 0 Å². The molecule has 0 saturated heterocycles. The lowest BCUT2D eigenvalue weighted by atomic mass is 10.5. The monoisotopic (exact) mass is 206 g/mol. The summed E-state index contributed by atoms with van der Waals surface area (Å²) in [7, 11) is 3.26. The van der Waals surface area contributed by atoms with Crippen LogP contribution in [0.1, 0.15) is 16.4 Å². The lowest BCUT2D eigenvalue weighted by Crippen LogP contribution is -2.22. The van der Waals surface area contributed by atoms with Crippen LogP contribution in [0.2, 0.25) is 0 Å². The number of imidazole rings is 1. The van der Waals surface area contributed by atoms with E-state index in [1.54, 1.807) is 21.0 Å². The van der Waals surface area contributed by atoms with Gasteiger partial charge in [0.1, 0.15) is 5.82 Å². The number of carbonyl (C=O) groups is 1. The third-order valence-electron chi connectivity index (χ3n) is 2.48. The fourth-order valence-electron chi connectivity index (χ4n) is 1.46. The molecule has 2 rings (SSSR count). The van der Waals surface area contributed by atoms with Crippen LogP contribution in [0.25, 0.3) is 11.2 Å². The molecule has 0 aliphatic carbocycles. The van der Waals surface area contributed by atoms with Gasteiger partial charge in [0.15, 0.2) is 23.3 Å². The van der Waals surface area contributed by atoms with E-state index in [1.807, 2.05) is 0 Å². The van der Waals surface area contributed by atoms with Crippen LogP contribution in [-0.4, -0.2) is 25.4 Å². The Balaban J connectivity index is 3.03. The average Bonchev–Trinajstić information content (AvgIpc) is 2.52. The summed E-state index contributed by atoms with van der Waals surface area (Å²) in [5, 5.41) is 0. The van der Waals surface area contributed by atoms with E-state index in [0.29, 0.717) is 23.3 Å². The average molecular weight is 206 g/mol. The first kappa shape index (κ1) is 9.57. The van der Waals surface area contributed by atoms with E-state index in [0.717, 1.165) is 0 Å². The van der Waals surface area contributed by atoms with Crippen molar-refractivity contribution in [3.63, 3.8) is 0 Å². The summed E-state index contributed by atoms with van der Waals surface area (Å²) in [5.74, 6) is 0.781. The minimum Gasteiger partial charge on any atom is -0.319 e. The predicted molar refractivity (Wildman–Crippen MR) is 53.9 cm³/mol. The lowest BCUT2D eigenvalue weighted by Gasteiger charge is -2.01. The van der Waals surface area contributed by atoms with Crippen molar-refractivity contribution in [2.24, 2.45) is 14.1 Å². The standard InChI is InChI=1S/C9H10N4O2/c1-5-10-8-7(9(15)12(5)2)13(3)6(4-14)11-8/h4H,1-3H3. The SMILES string of the molecule is Cc1nc2nc(C=O)n(C)c2c(=O)n1C. The molecule has 2 aromatic rings. The summed E-state index contributed by atoms with van der Waals surface area (Å²) in [6.45, 7) is 1.72. The molecule has 0 unspecified atom stereocenters. The van der Waals surface area contributed by atoms with Crippen molar-refractivity contribution in [1.82, 2.24) is 19.1 Å². The number of rotatable bonds is 1. The second-order valence-electron chi connectivity index (χ2n) is 3.34. The molecule has 0 spiro atoms. The highest BCUT2D eigenvalue weighted by Gasteiger charge is 2.13. The van der Waals surface area contributed by atoms with E-state index in [1.165, 1.54) is 9.13 Å². The molecule has 2 aromatic heterocycles. The normalized spacial score (nSPS) is 10.9. The van der Waals surface area contributed by atoms with Crippen LogP contribution in [0.4, 0.5) is 0 Å². The van der Waals surface area contributed by atoms with E-state index in [9.17, 15) is 9.59 Å². The Hall–Kier alpha value is -1.98. The molecule has 6 nitrogen and oxygen atoms in total.